The third-order valence-electron chi connectivity index (χ3n) is 6.76. The Labute approximate surface area is 172 Å². The maximum Gasteiger partial charge on any atom is 0.236 e. The highest BCUT2D eigenvalue weighted by molar-refractivity contribution is 5.78. The van der Waals surface area contributed by atoms with Crippen LogP contribution in [0, 0.1) is 0 Å². The van der Waals surface area contributed by atoms with Gasteiger partial charge in [-0.2, -0.15) is 0 Å². The average molecular weight is 392 g/mol. The second kappa shape index (κ2) is 7.84. The Balaban J connectivity index is 1.36. The van der Waals surface area contributed by atoms with Crippen molar-refractivity contribution in [3.8, 4) is 11.4 Å². The van der Waals surface area contributed by atoms with Crippen LogP contribution in [0.1, 0.15) is 30.5 Å². The van der Waals surface area contributed by atoms with Gasteiger partial charge in [-0.15, -0.1) is 0 Å². The first-order chi connectivity index (χ1) is 14.2. The smallest absolute Gasteiger partial charge is 0.236 e. The van der Waals surface area contributed by atoms with Gasteiger partial charge in [-0.25, -0.2) is 9.97 Å². The molecule has 1 amide bonds. The molecule has 6 heteroatoms. The van der Waals surface area contributed by atoms with Crippen LogP contribution < -0.4 is 5.32 Å². The quantitative estimate of drug-likeness (QED) is 0.865. The van der Waals surface area contributed by atoms with Crippen molar-refractivity contribution >= 4 is 5.91 Å². The lowest BCUT2D eigenvalue weighted by Crippen LogP contribution is -2.52. The number of fused-ring (bicyclic) bond motifs is 2. The standard InChI is InChI=1S/C23H29N5O/c29-20(28-13-10-24-11-14-28)16-27-12-4-8-23(17-27)9-7-19-15-25-22(26-21(19)23)18-5-2-1-3-6-18/h1-3,5-6,15,24H,4,7-14,16-17H2. The minimum Gasteiger partial charge on any atom is -0.339 e. The summed E-state index contributed by atoms with van der Waals surface area (Å²) in [5, 5.41) is 3.32. The first-order valence-corrected chi connectivity index (χ1v) is 10.9. The molecule has 29 heavy (non-hydrogen) atoms. The van der Waals surface area contributed by atoms with Gasteiger partial charge in [0.15, 0.2) is 5.82 Å². The number of nitrogens with zero attached hydrogens (tertiary/aromatic N) is 4. The molecule has 2 aromatic rings. The fourth-order valence-corrected chi connectivity index (χ4v) is 5.23. The zero-order valence-corrected chi connectivity index (χ0v) is 16.9. The van der Waals surface area contributed by atoms with Gasteiger partial charge in [-0.05, 0) is 37.8 Å². The lowest BCUT2D eigenvalue weighted by atomic mass is 9.77. The van der Waals surface area contributed by atoms with Crippen LogP contribution in [-0.2, 0) is 16.6 Å². The Kier molecular flexibility index (Phi) is 5.06. The second-order valence-corrected chi connectivity index (χ2v) is 8.66. The maximum atomic E-state index is 12.8. The van der Waals surface area contributed by atoms with E-state index in [0.29, 0.717) is 6.54 Å². The van der Waals surface area contributed by atoms with Gasteiger partial charge in [0.1, 0.15) is 0 Å². The molecule has 6 nitrogen and oxygen atoms in total. The van der Waals surface area contributed by atoms with Crippen LogP contribution in [0.15, 0.2) is 36.5 Å². The molecule has 1 aliphatic carbocycles. The lowest BCUT2D eigenvalue weighted by molar-refractivity contribution is -0.133. The van der Waals surface area contributed by atoms with Crippen molar-refractivity contribution in [2.45, 2.75) is 31.1 Å². The monoisotopic (exact) mass is 391 g/mol. The number of hydrogen-bond acceptors (Lipinski definition) is 5. The van der Waals surface area contributed by atoms with Gasteiger partial charge in [0, 0.05) is 49.9 Å². The fourth-order valence-electron chi connectivity index (χ4n) is 5.23. The second-order valence-electron chi connectivity index (χ2n) is 8.66. The number of piperidine rings is 1. The van der Waals surface area contributed by atoms with E-state index in [2.05, 4.69) is 27.3 Å². The fraction of sp³-hybridized carbons (Fsp3) is 0.522. The van der Waals surface area contributed by atoms with E-state index in [1.807, 2.05) is 29.3 Å². The maximum absolute atomic E-state index is 12.8. The van der Waals surface area contributed by atoms with E-state index in [9.17, 15) is 4.79 Å². The third-order valence-corrected chi connectivity index (χ3v) is 6.76. The number of aromatic nitrogens is 2. The average Bonchev–Trinajstić information content (AvgIpc) is 3.12. The summed E-state index contributed by atoms with van der Waals surface area (Å²) in [7, 11) is 0. The summed E-state index contributed by atoms with van der Waals surface area (Å²) in [5.74, 6) is 1.09. The molecule has 1 atom stereocenters. The van der Waals surface area contributed by atoms with Gasteiger partial charge in [0.05, 0.1) is 12.2 Å². The van der Waals surface area contributed by atoms with Crippen LogP contribution in [0.2, 0.25) is 0 Å². The first kappa shape index (κ1) is 18.7. The number of hydrogen-bond donors (Lipinski definition) is 1. The number of likely N-dealkylation sites (tertiary alicyclic amines) is 1. The highest BCUT2D eigenvalue weighted by Gasteiger charge is 2.44. The molecule has 152 valence electrons. The summed E-state index contributed by atoms with van der Waals surface area (Å²) < 4.78 is 0. The summed E-state index contributed by atoms with van der Waals surface area (Å²) in [4.78, 5) is 26.9. The minimum absolute atomic E-state index is 0.0732. The summed E-state index contributed by atoms with van der Waals surface area (Å²) in [6, 6.07) is 10.2. The Morgan fingerprint density at radius 1 is 1.10 bits per heavy atom. The van der Waals surface area contributed by atoms with Gasteiger partial charge in [-0.3, -0.25) is 9.69 Å². The molecule has 1 aromatic carbocycles. The molecule has 2 fully saturated rings. The zero-order chi connectivity index (χ0) is 19.7. The Bertz CT molecular complexity index is 876. The number of nitrogens with one attached hydrogen (secondary N) is 1. The predicted molar refractivity (Wildman–Crippen MR) is 113 cm³/mol. The van der Waals surface area contributed by atoms with Crippen molar-refractivity contribution in [3.05, 3.63) is 47.8 Å². The largest absolute Gasteiger partial charge is 0.339 e. The molecule has 0 radical (unpaired) electrons. The number of benzene rings is 1. The molecule has 2 saturated heterocycles. The molecule has 2 aliphatic heterocycles. The Hall–Kier alpha value is -2.31. The Morgan fingerprint density at radius 2 is 1.93 bits per heavy atom. The first-order valence-electron chi connectivity index (χ1n) is 10.9. The molecule has 1 spiro atoms. The van der Waals surface area contributed by atoms with Crippen LogP contribution in [0.4, 0.5) is 0 Å². The molecule has 0 bridgehead atoms. The van der Waals surface area contributed by atoms with Crippen molar-refractivity contribution in [2.75, 3.05) is 45.8 Å². The SMILES string of the molecule is O=C(CN1CCCC2(CCc3cnc(-c4ccccc4)nc32)C1)N1CCNCC1. The van der Waals surface area contributed by atoms with Crippen molar-refractivity contribution in [3.63, 3.8) is 0 Å². The predicted octanol–water partition coefficient (Wildman–Crippen LogP) is 1.86. The minimum atomic E-state index is 0.0732. The van der Waals surface area contributed by atoms with Gasteiger partial charge >= 0.3 is 0 Å². The van der Waals surface area contributed by atoms with E-state index in [1.54, 1.807) is 0 Å². The number of rotatable bonds is 3. The van der Waals surface area contributed by atoms with Crippen molar-refractivity contribution in [1.82, 2.24) is 25.1 Å². The number of aryl methyl sites for hydroxylation is 1. The summed E-state index contributed by atoms with van der Waals surface area (Å²) in [5.41, 5.74) is 3.66. The molecule has 5 rings (SSSR count). The van der Waals surface area contributed by atoms with Gasteiger partial charge < -0.3 is 10.2 Å². The van der Waals surface area contributed by atoms with E-state index >= 15 is 0 Å². The highest BCUT2D eigenvalue weighted by atomic mass is 16.2. The molecule has 1 unspecified atom stereocenters. The topological polar surface area (TPSA) is 61.4 Å². The Morgan fingerprint density at radius 3 is 2.76 bits per heavy atom. The molecule has 1 aromatic heterocycles. The van der Waals surface area contributed by atoms with Gasteiger partial charge in [-0.1, -0.05) is 30.3 Å². The van der Waals surface area contributed by atoms with Crippen LogP contribution in [0.5, 0.6) is 0 Å². The zero-order valence-electron chi connectivity index (χ0n) is 16.9. The van der Waals surface area contributed by atoms with Crippen molar-refractivity contribution in [1.29, 1.82) is 0 Å². The normalized spacial score (nSPS) is 24.6. The van der Waals surface area contributed by atoms with E-state index in [4.69, 9.17) is 4.98 Å². The number of carbonyl (C=O) groups is 1. The van der Waals surface area contributed by atoms with Crippen LogP contribution in [0.3, 0.4) is 0 Å². The summed E-state index contributed by atoms with van der Waals surface area (Å²) in [6.07, 6.45) is 6.48. The van der Waals surface area contributed by atoms with Crippen LogP contribution in [-0.4, -0.2) is 71.5 Å². The highest BCUT2D eigenvalue weighted by Crippen LogP contribution is 2.44. The van der Waals surface area contributed by atoms with E-state index in [1.165, 1.54) is 11.3 Å². The van der Waals surface area contributed by atoms with E-state index in [-0.39, 0.29) is 11.3 Å². The van der Waals surface area contributed by atoms with Crippen molar-refractivity contribution in [2.24, 2.45) is 0 Å². The van der Waals surface area contributed by atoms with E-state index < -0.39 is 0 Å². The summed E-state index contributed by atoms with van der Waals surface area (Å²) >= 11 is 0. The number of carbonyl (C=O) groups excluding carboxylic acids is 1. The number of piperazine rings is 1. The van der Waals surface area contributed by atoms with Crippen molar-refractivity contribution < 1.29 is 4.79 Å². The van der Waals surface area contributed by atoms with Gasteiger partial charge in [0.25, 0.3) is 0 Å². The molecule has 3 aliphatic rings. The van der Waals surface area contributed by atoms with E-state index in [0.717, 1.165) is 76.3 Å². The molecular formula is C23H29N5O. The van der Waals surface area contributed by atoms with Crippen LogP contribution >= 0.6 is 0 Å². The molecule has 3 heterocycles. The lowest BCUT2D eigenvalue weighted by Gasteiger charge is -2.41. The third kappa shape index (κ3) is 3.67. The number of amides is 1. The molecule has 1 N–H and O–H groups in total. The molecular weight excluding hydrogens is 362 g/mol. The summed E-state index contributed by atoms with van der Waals surface area (Å²) in [6.45, 7) is 5.94. The van der Waals surface area contributed by atoms with Gasteiger partial charge in [0.2, 0.25) is 5.91 Å². The van der Waals surface area contributed by atoms with Crippen LogP contribution in [0.25, 0.3) is 11.4 Å². The molecule has 0 saturated carbocycles.